The molecule has 154 valence electrons. The molecule has 1 heterocycles. The molecule has 27 heavy (non-hydrogen) atoms. The Morgan fingerprint density at radius 1 is 1.00 bits per heavy atom. The maximum absolute atomic E-state index is 12.6. The van der Waals surface area contributed by atoms with Crippen LogP contribution < -0.4 is 0 Å². The number of Topliss-reactive ketones (excluding diaryl/α,β-unsaturated/α-hetero) is 1. The number of esters is 2. The number of ketones is 1. The molecule has 2 aliphatic rings. The SMILES string of the molecule is CCC(C)(C)C(=O)C(=O)OC(=O)C1CCCCN1CCCC1CCCCC1. The Balaban J connectivity index is 1.84. The third kappa shape index (κ3) is 6.41. The first-order chi connectivity index (χ1) is 12.8. The number of hydrogen-bond acceptors (Lipinski definition) is 5. The van der Waals surface area contributed by atoms with Gasteiger partial charge in [0.25, 0.3) is 0 Å². The first kappa shape index (κ1) is 22.1. The number of ether oxygens (including phenoxy) is 1. The van der Waals surface area contributed by atoms with Gasteiger partial charge in [0.05, 0.1) is 0 Å². The van der Waals surface area contributed by atoms with Gasteiger partial charge in [-0.2, -0.15) is 0 Å². The molecule has 1 unspecified atom stereocenters. The van der Waals surface area contributed by atoms with Crippen LogP contribution in [0.4, 0.5) is 0 Å². The second-order valence-electron chi connectivity index (χ2n) is 8.97. The van der Waals surface area contributed by atoms with Crippen molar-refractivity contribution in [1.29, 1.82) is 0 Å². The van der Waals surface area contributed by atoms with E-state index in [0.717, 1.165) is 38.3 Å². The van der Waals surface area contributed by atoms with Crippen molar-refractivity contribution in [1.82, 2.24) is 4.90 Å². The minimum Gasteiger partial charge on any atom is -0.386 e. The lowest BCUT2D eigenvalue weighted by molar-refractivity contribution is -0.170. The number of carbonyl (C=O) groups is 3. The number of piperidine rings is 1. The van der Waals surface area contributed by atoms with Crippen LogP contribution in [0.5, 0.6) is 0 Å². The Bertz CT molecular complexity index is 522. The van der Waals surface area contributed by atoms with Crippen LogP contribution in [0.15, 0.2) is 0 Å². The third-order valence-corrected chi connectivity index (χ3v) is 6.55. The van der Waals surface area contributed by atoms with E-state index in [0.29, 0.717) is 12.8 Å². The molecule has 0 amide bonds. The van der Waals surface area contributed by atoms with Gasteiger partial charge in [-0.15, -0.1) is 0 Å². The summed E-state index contributed by atoms with van der Waals surface area (Å²) in [4.78, 5) is 39.1. The monoisotopic (exact) mass is 379 g/mol. The van der Waals surface area contributed by atoms with E-state index in [9.17, 15) is 14.4 Å². The number of likely N-dealkylation sites (tertiary alicyclic amines) is 1. The fourth-order valence-electron chi connectivity index (χ4n) is 4.23. The Hall–Kier alpha value is -1.23. The normalized spacial score (nSPS) is 22.4. The lowest BCUT2D eigenvalue weighted by Gasteiger charge is -2.34. The zero-order valence-electron chi connectivity index (χ0n) is 17.4. The van der Waals surface area contributed by atoms with Crippen molar-refractivity contribution in [2.45, 2.75) is 97.4 Å². The van der Waals surface area contributed by atoms with E-state index in [-0.39, 0.29) is 6.04 Å². The second-order valence-corrected chi connectivity index (χ2v) is 8.97. The van der Waals surface area contributed by atoms with Crippen molar-refractivity contribution < 1.29 is 19.1 Å². The van der Waals surface area contributed by atoms with E-state index in [1.165, 1.54) is 38.5 Å². The molecule has 0 aromatic rings. The topological polar surface area (TPSA) is 63.7 Å². The largest absolute Gasteiger partial charge is 0.386 e. The van der Waals surface area contributed by atoms with Crippen LogP contribution in [-0.2, 0) is 19.1 Å². The Morgan fingerprint density at radius 3 is 2.33 bits per heavy atom. The van der Waals surface area contributed by atoms with Gasteiger partial charge in [0.2, 0.25) is 5.78 Å². The summed E-state index contributed by atoms with van der Waals surface area (Å²) in [7, 11) is 0. The second kappa shape index (κ2) is 10.4. The van der Waals surface area contributed by atoms with Crippen molar-refractivity contribution >= 4 is 17.7 Å². The molecule has 0 aromatic carbocycles. The van der Waals surface area contributed by atoms with Crippen LogP contribution in [0.2, 0.25) is 0 Å². The van der Waals surface area contributed by atoms with Crippen LogP contribution in [-0.4, -0.2) is 41.8 Å². The van der Waals surface area contributed by atoms with Gasteiger partial charge in [-0.05, 0) is 51.1 Å². The molecule has 0 spiro atoms. The summed E-state index contributed by atoms with van der Waals surface area (Å²) < 4.78 is 5.00. The molecular weight excluding hydrogens is 342 g/mol. The summed E-state index contributed by atoms with van der Waals surface area (Å²) in [6.45, 7) is 7.01. The van der Waals surface area contributed by atoms with Crippen molar-refractivity contribution in [2.24, 2.45) is 11.3 Å². The molecule has 5 nitrogen and oxygen atoms in total. The molecule has 1 atom stereocenters. The number of carbonyl (C=O) groups excluding carboxylic acids is 3. The van der Waals surface area contributed by atoms with Crippen LogP contribution in [0.25, 0.3) is 0 Å². The van der Waals surface area contributed by atoms with Crippen molar-refractivity contribution in [2.75, 3.05) is 13.1 Å². The maximum Gasteiger partial charge on any atom is 0.382 e. The average Bonchev–Trinajstić information content (AvgIpc) is 2.68. The Labute approximate surface area is 164 Å². The molecule has 1 saturated carbocycles. The molecular formula is C22H37NO4. The first-order valence-corrected chi connectivity index (χ1v) is 10.9. The molecule has 0 aromatic heterocycles. The summed E-state index contributed by atoms with van der Waals surface area (Å²) >= 11 is 0. The highest BCUT2D eigenvalue weighted by Crippen LogP contribution is 2.28. The average molecular weight is 380 g/mol. The lowest BCUT2D eigenvalue weighted by Crippen LogP contribution is -2.47. The molecule has 2 fully saturated rings. The van der Waals surface area contributed by atoms with Gasteiger partial charge in [0.15, 0.2) is 0 Å². The summed E-state index contributed by atoms with van der Waals surface area (Å²) in [6, 6.07) is -0.383. The summed E-state index contributed by atoms with van der Waals surface area (Å²) in [5.74, 6) is -1.32. The highest BCUT2D eigenvalue weighted by molar-refractivity contribution is 6.37. The first-order valence-electron chi connectivity index (χ1n) is 10.9. The predicted octanol–water partition coefficient (Wildman–Crippen LogP) is 4.28. The molecule has 1 aliphatic heterocycles. The maximum atomic E-state index is 12.6. The zero-order valence-corrected chi connectivity index (χ0v) is 17.4. The van der Waals surface area contributed by atoms with E-state index >= 15 is 0 Å². The van der Waals surface area contributed by atoms with Gasteiger partial charge in [-0.25, -0.2) is 9.59 Å². The fraction of sp³-hybridized carbons (Fsp3) is 0.864. The molecule has 1 aliphatic carbocycles. The van der Waals surface area contributed by atoms with Gasteiger partial charge in [0.1, 0.15) is 6.04 Å². The molecule has 2 rings (SSSR count). The Kier molecular flexibility index (Phi) is 8.46. The van der Waals surface area contributed by atoms with Crippen LogP contribution in [0, 0.1) is 11.3 Å². The summed E-state index contributed by atoms with van der Waals surface area (Å²) in [5.41, 5.74) is -0.788. The quantitative estimate of drug-likeness (QED) is 0.358. The van der Waals surface area contributed by atoms with Crippen LogP contribution in [0.3, 0.4) is 0 Å². The van der Waals surface area contributed by atoms with E-state index in [2.05, 4.69) is 4.90 Å². The third-order valence-electron chi connectivity index (χ3n) is 6.55. The summed E-state index contributed by atoms with van der Waals surface area (Å²) in [6.07, 6.45) is 12.4. The van der Waals surface area contributed by atoms with Gasteiger partial charge >= 0.3 is 11.9 Å². The number of nitrogens with zero attached hydrogens (tertiary/aromatic N) is 1. The van der Waals surface area contributed by atoms with Crippen molar-refractivity contribution in [3.8, 4) is 0 Å². The van der Waals surface area contributed by atoms with Gasteiger partial charge in [0, 0.05) is 5.41 Å². The smallest absolute Gasteiger partial charge is 0.382 e. The van der Waals surface area contributed by atoms with Gasteiger partial charge < -0.3 is 4.74 Å². The van der Waals surface area contributed by atoms with E-state index in [1.54, 1.807) is 13.8 Å². The number of hydrogen-bond donors (Lipinski definition) is 0. The Morgan fingerprint density at radius 2 is 1.67 bits per heavy atom. The molecule has 0 bridgehead atoms. The van der Waals surface area contributed by atoms with Crippen LogP contribution in [0.1, 0.15) is 91.4 Å². The lowest BCUT2D eigenvalue weighted by atomic mass is 9.85. The predicted molar refractivity (Wildman–Crippen MR) is 105 cm³/mol. The molecule has 5 heteroatoms. The zero-order chi connectivity index (χ0) is 19.9. The van der Waals surface area contributed by atoms with Gasteiger partial charge in [-0.1, -0.05) is 59.3 Å². The molecule has 0 N–H and O–H groups in total. The van der Waals surface area contributed by atoms with Gasteiger partial charge in [-0.3, -0.25) is 9.69 Å². The van der Waals surface area contributed by atoms with Crippen molar-refractivity contribution in [3.63, 3.8) is 0 Å². The van der Waals surface area contributed by atoms with E-state index in [4.69, 9.17) is 4.74 Å². The fourth-order valence-corrected chi connectivity index (χ4v) is 4.23. The van der Waals surface area contributed by atoms with E-state index < -0.39 is 23.1 Å². The number of rotatable bonds is 8. The van der Waals surface area contributed by atoms with Crippen molar-refractivity contribution in [3.05, 3.63) is 0 Å². The van der Waals surface area contributed by atoms with E-state index in [1.807, 2.05) is 6.92 Å². The van der Waals surface area contributed by atoms with Crippen LogP contribution >= 0.6 is 0 Å². The minimum absolute atomic E-state index is 0.383. The highest BCUT2D eigenvalue weighted by Gasteiger charge is 2.37. The summed E-state index contributed by atoms with van der Waals surface area (Å²) in [5, 5.41) is 0. The molecule has 0 radical (unpaired) electrons. The standard InChI is InChI=1S/C22H37NO4/c1-4-22(2,3)19(24)21(26)27-20(25)18-14-8-9-15-23(18)16-10-13-17-11-6-5-7-12-17/h17-18H,4-16H2,1-3H3. The minimum atomic E-state index is -1.00. The molecule has 1 saturated heterocycles. The highest BCUT2D eigenvalue weighted by atomic mass is 16.6.